The van der Waals surface area contributed by atoms with Gasteiger partial charge in [-0.1, -0.05) is 30.3 Å². The number of benzene rings is 2. The van der Waals surface area contributed by atoms with Crippen LogP contribution in [-0.4, -0.2) is 27.7 Å². The minimum Gasteiger partial charge on any atom is -0.487 e. The zero-order valence-electron chi connectivity index (χ0n) is 18.0. The molecule has 2 heterocycles. The molecule has 162 valence electrons. The van der Waals surface area contributed by atoms with E-state index in [-0.39, 0.29) is 25.0 Å². The lowest BCUT2D eigenvalue weighted by Gasteiger charge is -2.12. The fraction of sp³-hybridized carbons (Fsp3) is 0.160. The molecule has 0 aliphatic heterocycles. The van der Waals surface area contributed by atoms with E-state index in [9.17, 15) is 9.59 Å². The third-order valence-electron chi connectivity index (χ3n) is 5.05. The molecule has 0 bridgehead atoms. The van der Waals surface area contributed by atoms with E-state index in [2.05, 4.69) is 15.6 Å². The number of amides is 2. The molecule has 2 aromatic carbocycles. The summed E-state index contributed by atoms with van der Waals surface area (Å²) in [5.74, 6) is -0.0791. The minimum absolute atomic E-state index is 0.126. The summed E-state index contributed by atoms with van der Waals surface area (Å²) < 4.78 is 7.73. The lowest BCUT2D eigenvalue weighted by atomic mass is 10.1. The first-order valence-electron chi connectivity index (χ1n) is 10.3. The third kappa shape index (κ3) is 4.95. The molecule has 4 aromatic rings. The maximum Gasteiger partial charge on any atom is 0.251 e. The molecule has 0 radical (unpaired) electrons. The topological polar surface area (TPSA) is 84.7 Å². The van der Waals surface area contributed by atoms with Crippen LogP contribution in [0.3, 0.4) is 0 Å². The van der Waals surface area contributed by atoms with E-state index in [4.69, 9.17) is 4.74 Å². The Morgan fingerprint density at radius 3 is 2.56 bits per heavy atom. The first kappa shape index (κ1) is 21.1. The monoisotopic (exact) mass is 428 g/mol. The Balaban J connectivity index is 1.33. The standard InChI is InChI=1S/C25H24N4O3/c1-17-7-5-8-18(2)24(17)28-23(30)14-26-25(31)19-9-6-10-21(13-19)32-16-20-15-29-12-4-3-11-22(29)27-20/h3-13,15H,14,16H2,1-2H3,(H,26,31)(H,28,30). The molecular weight excluding hydrogens is 404 g/mol. The van der Waals surface area contributed by atoms with Crippen molar-refractivity contribution >= 4 is 23.1 Å². The molecule has 0 saturated carbocycles. The largest absolute Gasteiger partial charge is 0.487 e. The Morgan fingerprint density at radius 1 is 1.00 bits per heavy atom. The molecule has 32 heavy (non-hydrogen) atoms. The van der Waals surface area contributed by atoms with Crippen molar-refractivity contribution in [3.8, 4) is 5.75 Å². The van der Waals surface area contributed by atoms with E-state index < -0.39 is 0 Å². The second-order valence-electron chi connectivity index (χ2n) is 7.51. The van der Waals surface area contributed by atoms with Crippen LogP contribution in [0.4, 0.5) is 5.69 Å². The van der Waals surface area contributed by atoms with Crippen molar-refractivity contribution in [3.63, 3.8) is 0 Å². The van der Waals surface area contributed by atoms with Gasteiger partial charge in [-0.15, -0.1) is 0 Å². The molecule has 0 saturated heterocycles. The SMILES string of the molecule is Cc1cccc(C)c1NC(=O)CNC(=O)c1cccc(OCc2cn3ccccc3n2)c1. The lowest BCUT2D eigenvalue weighted by Crippen LogP contribution is -2.33. The molecule has 0 aliphatic rings. The number of carbonyl (C=O) groups is 2. The summed E-state index contributed by atoms with van der Waals surface area (Å²) in [7, 11) is 0. The van der Waals surface area contributed by atoms with Crippen molar-refractivity contribution in [2.75, 3.05) is 11.9 Å². The van der Waals surface area contributed by atoms with E-state index in [1.807, 2.05) is 67.0 Å². The number of imidazole rings is 1. The van der Waals surface area contributed by atoms with Crippen molar-refractivity contribution in [2.24, 2.45) is 0 Å². The van der Waals surface area contributed by atoms with Gasteiger partial charge >= 0.3 is 0 Å². The van der Waals surface area contributed by atoms with Crippen LogP contribution in [0, 0.1) is 13.8 Å². The molecule has 0 atom stereocenters. The quantitative estimate of drug-likeness (QED) is 0.468. The summed E-state index contributed by atoms with van der Waals surface area (Å²) in [6.07, 6.45) is 3.83. The summed E-state index contributed by atoms with van der Waals surface area (Å²) in [6, 6.07) is 18.4. The maximum atomic E-state index is 12.5. The van der Waals surface area contributed by atoms with Gasteiger partial charge in [0.1, 0.15) is 18.0 Å². The molecule has 0 unspecified atom stereocenters. The normalized spacial score (nSPS) is 10.7. The highest BCUT2D eigenvalue weighted by Crippen LogP contribution is 2.19. The number of nitrogens with zero attached hydrogens (tertiary/aromatic N) is 2. The number of para-hydroxylation sites is 1. The molecule has 4 rings (SSSR count). The summed E-state index contributed by atoms with van der Waals surface area (Å²) in [5, 5.41) is 5.51. The van der Waals surface area contributed by atoms with Gasteiger partial charge in [-0.25, -0.2) is 4.98 Å². The van der Waals surface area contributed by atoms with E-state index in [0.717, 1.165) is 28.2 Å². The average molecular weight is 428 g/mol. The van der Waals surface area contributed by atoms with Gasteiger partial charge in [0.05, 0.1) is 12.2 Å². The van der Waals surface area contributed by atoms with Crippen LogP contribution in [0.1, 0.15) is 27.2 Å². The van der Waals surface area contributed by atoms with Gasteiger partial charge in [-0.05, 0) is 55.3 Å². The molecule has 0 aliphatic carbocycles. The van der Waals surface area contributed by atoms with E-state index in [1.165, 1.54) is 0 Å². The molecule has 2 aromatic heterocycles. The average Bonchev–Trinajstić information content (AvgIpc) is 3.22. The summed E-state index contributed by atoms with van der Waals surface area (Å²) in [6.45, 7) is 4.02. The zero-order valence-corrected chi connectivity index (χ0v) is 18.0. The van der Waals surface area contributed by atoms with Gasteiger partial charge in [0.15, 0.2) is 0 Å². The smallest absolute Gasteiger partial charge is 0.251 e. The zero-order chi connectivity index (χ0) is 22.5. The maximum absolute atomic E-state index is 12.5. The fourth-order valence-corrected chi connectivity index (χ4v) is 3.40. The first-order chi connectivity index (χ1) is 15.5. The fourth-order valence-electron chi connectivity index (χ4n) is 3.40. The highest BCUT2D eigenvalue weighted by atomic mass is 16.5. The van der Waals surface area contributed by atoms with Crippen molar-refractivity contribution in [2.45, 2.75) is 20.5 Å². The number of carbonyl (C=O) groups excluding carboxylic acids is 2. The molecule has 0 fully saturated rings. The number of rotatable bonds is 7. The van der Waals surface area contributed by atoms with Gasteiger partial charge in [0, 0.05) is 23.6 Å². The van der Waals surface area contributed by atoms with Gasteiger partial charge < -0.3 is 19.8 Å². The third-order valence-corrected chi connectivity index (χ3v) is 5.05. The Morgan fingerprint density at radius 2 is 1.78 bits per heavy atom. The molecular formula is C25H24N4O3. The highest BCUT2D eigenvalue weighted by Gasteiger charge is 2.11. The molecule has 0 spiro atoms. The molecule has 7 heteroatoms. The number of nitrogens with one attached hydrogen (secondary N) is 2. The van der Waals surface area contributed by atoms with Crippen molar-refractivity contribution < 1.29 is 14.3 Å². The van der Waals surface area contributed by atoms with E-state index >= 15 is 0 Å². The second kappa shape index (κ2) is 9.34. The van der Waals surface area contributed by atoms with Crippen LogP contribution < -0.4 is 15.4 Å². The molecule has 7 nitrogen and oxygen atoms in total. The van der Waals surface area contributed by atoms with E-state index in [1.54, 1.807) is 24.3 Å². The second-order valence-corrected chi connectivity index (χ2v) is 7.51. The Kier molecular flexibility index (Phi) is 6.17. The highest BCUT2D eigenvalue weighted by molar-refractivity contribution is 6.00. The van der Waals surface area contributed by atoms with Gasteiger partial charge in [0.25, 0.3) is 5.91 Å². The number of pyridine rings is 1. The number of aromatic nitrogens is 2. The summed E-state index contributed by atoms with van der Waals surface area (Å²) in [5.41, 5.74) is 4.76. The molecule has 2 N–H and O–H groups in total. The number of ether oxygens (including phenoxy) is 1. The van der Waals surface area contributed by atoms with Gasteiger partial charge in [-0.3, -0.25) is 9.59 Å². The number of hydrogen-bond acceptors (Lipinski definition) is 4. The lowest BCUT2D eigenvalue weighted by molar-refractivity contribution is -0.115. The Hall–Kier alpha value is -4.13. The number of anilines is 1. The van der Waals surface area contributed by atoms with Crippen LogP contribution in [0.2, 0.25) is 0 Å². The number of aryl methyl sites for hydroxylation is 2. The van der Waals surface area contributed by atoms with Crippen LogP contribution in [0.25, 0.3) is 5.65 Å². The van der Waals surface area contributed by atoms with Crippen molar-refractivity contribution in [1.29, 1.82) is 0 Å². The summed E-state index contributed by atoms with van der Waals surface area (Å²) in [4.78, 5) is 29.3. The van der Waals surface area contributed by atoms with Crippen LogP contribution in [0.5, 0.6) is 5.75 Å². The first-order valence-corrected chi connectivity index (χ1v) is 10.3. The van der Waals surface area contributed by atoms with Crippen LogP contribution in [0.15, 0.2) is 73.1 Å². The Labute approximate surface area is 186 Å². The van der Waals surface area contributed by atoms with E-state index in [0.29, 0.717) is 11.3 Å². The van der Waals surface area contributed by atoms with Crippen LogP contribution >= 0.6 is 0 Å². The minimum atomic E-state index is -0.347. The van der Waals surface area contributed by atoms with Crippen LogP contribution in [-0.2, 0) is 11.4 Å². The van der Waals surface area contributed by atoms with Gasteiger partial charge in [0.2, 0.25) is 5.91 Å². The number of fused-ring (bicyclic) bond motifs is 1. The predicted molar refractivity (Wildman–Crippen MR) is 123 cm³/mol. The number of hydrogen-bond donors (Lipinski definition) is 2. The molecule has 2 amide bonds. The predicted octanol–water partition coefficient (Wildman–Crippen LogP) is 3.90. The Bertz CT molecular complexity index is 1230. The van der Waals surface area contributed by atoms with Gasteiger partial charge in [-0.2, -0.15) is 0 Å². The van der Waals surface area contributed by atoms with Crippen molar-refractivity contribution in [1.82, 2.24) is 14.7 Å². The van der Waals surface area contributed by atoms with Crippen molar-refractivity contribution in [3.05, 3.63) is 95.4 Å². The summed E-state index contributed by atoms with van der Waals surface area (Å²) >= 11 is 0.